The Morgan fingerprint density at radius 2 is 2.24 bits per heavy atom. The molecule has 21 heavy (non-hydrogen) atoms. The van der Waals surface area contributed by atoms with Gasteiger partial charge in [-0.3, -0.25) is 4.98 Å². The van der Waals surface area contributed by atoms with E-state index in [0.717, 1.165) is 57.9 Å². The quantitative estimate of drug-likeness (QED) is 0.868. The number of aryl methyl sites for hydroxylation is 2. The second-order valence-electron chi connectivity index (χ2n) is 5.85. The molecular weight excluding hydrogens is 330 g/mol. The molecule has 1 aliphatic carbocycles. The second-order valence-corrected chi connectivity index (χ2v) is 6.77. The molecule has 3 rings (SSSR count). The number of nitrogens with zero attached hydrogens (tertiary/aromatic N) is 1. The second kappa shape index (κ2) is 5.41. The van der Waals surface area contributed by atoms with Crippen LogP contribution >= 0.6 is 15.9 Å². The van der Waals surface area contributed by atoms with Gasteiger partial charge in [-0.2, -0.15) is 0 Å². The molecule has 0 aliphatic heterocycles. The van der Waals surface area contributed by atoms with E-state index in [1.54, 1.807) is 0 Å². The molecule has 1 aromatic heterocycles. The number of halogens is 1. The lowest BCUT2D eigenvalue weighted by molar-refractivity contribution is 0.0697. The third-order valence-electron chi connectivity index (χ3n) is 4.50. The zero-order chi connectivity index (χ0) is 15.1. The largest absolute Gasteiger partial charge is 0.478 e. The van der Waals surface area contributed by atoms with Gasteiger partial charge in [-0.15, -0.1) is 0 Å². The fourth-order valence-electron chi connectivity index (χ4n) is 3.33. The van der Waals surface area contributed by atoms with Gasteiger partial charge in [0.15, 0.2) is 0 Å². The Morgan fingerprint density at radius 1 is 1.48 bits per heavy atom. The molecule has 1 aromatic carbocycles. The van der Waals surface area contributed by atoms with Crippen molar-refractivity contribution in [1.29, 1.82) is 0 Å². The van der Waals surface area contributed by atoms with E-state index < -0.39 is 5.97 Å². The summed E-state index contributed by atoms with van der Waals surface area (Å²) in [4.78, 5) is 16.6. The van der Waals surface area contributed by atoms with Crippen LogP contribution in [0.1, 0.15) is 46.9 Å². The molecule has 3 nitrogen and oxygen atoms in total. The van der Waals surface area contributed by atoms with Crippen LogP contribution in [0.15, 0.2) is 16.6 Å². The number of aromatic carboxylic acids is 1. The van der Waals surface area contributed by atoms with Crippen molar-refractivity contribution < 1.29 is 9.90 Å². The Hall–Kier alpha value is -1.42. The van der Waals surface area contributed by atoms with Crippen LogP contribution in [0.5, 0.6) is 0 Å². The van der Waals surface area contributed by atoms with Crippen molar-refractivity contribution >= 4 is 32.8 Å². The number of benzene rings is 1. The molecule has 1 N–H and O–H groups in total. The fourth-order valence-corrected chi connectivity index (χ4v) is 3.91. The summed E-state index contributed by atoms with van der Waals surface area (Å²) in [5.74, 6) is -0.268. The van der Waals surface area contributed by atoms with Gasteiger partial charge in [0.25, 0.3) is 0 Å². The van der Waals surface area contributed by atoms with Crippen LogP contribution in [0.25, 0.3) is 10.9 Å². The molecule has 0 bridgehead atoms. The minimum atomic E-state index is -0.840. The number of carbonyl (C=O) groups is 1. The number of hydrogen-bond acceptors (Lipinski definition) is 2. The lowest BCUT2D eigenvalue weighted by atomic mass is 9.82. The van der Waals surface area contributed by atoms with Crippen LogP contribution < -0.4 is 0 Å². The van der Waals surface area contributed by atoms with Crippen molar-refractivity contribution in [3.05, 3.63) is 39.0 Å². The zero-order valence-electron chi connectivity index (χ0n) is 12.2. The van der Waals surface area contributed by atoms with Gasteiger partial charge >= 0.3 is 5.97 Å². The lowest BCUT2D eigenvalue weighted by Crippen LogP contribution is -2.19. The molecule has 4 heteroatoms. The first-order valence-corrected chi connectivity index (χ1v) is 8.15. The molecular formula is C17H18BrNO2. The highest BCUT2D eigenvalue weighted by atomic mass is 79.9. The van der Waals surface area contributed by atoms with Crippen LogP contribution in [0.3, 0.4) is 0 Å². The molecule has 1 unspecified atom stereocenters. The number of pyridine rings is 1. The highest BCUT2D eigenvalue weighted by Crippen LogP contribution is 2.34. The minimum Gasteiger partial charge on any atom is -0.478 e. The molecule has 110 valence electrons. The van der Waals surface area contributed by atoms with Crippen LogP contribution in [0.2, 0.25) is 0 Å². The average molecular weight is 348 g/mol. The van der Waals surface area contributed by atoms with Crippen molar-refractivity contribution in [3.63, 3.8) is 0 Å². The van der Waals surface area contributed by atoms with E-state index in [2.05, 4.69) is 22.9 Å². The maximum Gasteiger partial charge on any atom is 0.336 e. The number of carboxylic acid groups (broad SMARTS) is 1. The molecule has 2 aromatic rings. The van der Waals surface area contributed by atoms with E-state index in [0.29, 0.717) is 11.5 Å². The highest BCUT2D eigenvalue weighted by molar-refractivity contribution is 9.10. The fraction of sp³-hybridized carbons (Fsp3) is 0.412. The lowest BCUT2D eigenvalue weighted by Gasteiger charge is -2.25. The number of hydrogen-bond donors (Lipinski definition) is 1. The standard InChI is InChI=1S/C17H18BrNO2/c1-3-10-4-5-14-12(7-10)15(17(20)21)13-8-11(18)6-9(2)16(13)19-14/h6,8,10H,3-5,7H2,1-2H3,(H,20,21). The minimum absolute atomic E-state index is 0.456. The third kappa shape index (κ3) is 2.46. The Bertz CT molecular complexity index is 739. The molecule has 0 saturated carbocycles. The molecule has 0 saturated heterocycles. The smallest absolute Gasteiger partial charge is 0.336 e. The molecule has 1 aliphatic rings. The van der Waals surface area contributed by atoms with Crippen LogP contribution in [0, 0.1) is 12.8 Å². The van der Waals surface area contributed by atoms with Gasteiger partial charge in [0.05, 0.1) is 11.1 Å². The van der Waals surface area contributed by atoms with Crippen molar-refractivity contribution in [1.82, 2.24) is 4.98 Å². The third-order valence-corrected chi connectivity index (χ3v) is 4.96. The predicted octanol–water partition coefficient (Wildman–Crippen LogP) is 4.52. The monoisotopic (exact) mass is 347 g/mol. The summed E-state index contributed by atoms with van der Waals surface area (Å²) in [6.07, 6.45) is 3.92. The highest BCUT2D eigenvalue weighted by Gasteiger charge is 2.26. The number of rotatable bonds is 2. The van der Waals surface area contributed by atoms with Crippen LogP contribution in [0.4, 0.5) is 0 Å². The van der Waals surface area contributed by atoms with Gasteiger partial charge in [0, 0.05) is 15.6 Å². The van der Waals surface area contributed by atoms with Crippen molar-refractivity contribution in [2.75, 3.05) is 0 Å². The first-order valence-electron chi connectivity index (χ1n) is 7.36. The zero-order valence-corrected chi connectivity index (χ0v) is 13.8. The van der Waals surface area contributed by atoms with Crippen molar-refractivity contribution in [2.45, 2.75) is 39.5 Å². The molecule has 1 heterocycles. The summed E-state index contributed by atoms with van der Waals surface area (Å²) in [5, 5.41) is 10.5. The summed E-state index contributed by atoms with van der Waals surface area (Å²) in [5.41, 5.74) is 4.23. The first-order chi connectivity index (χ1) is 10.0. The average Bonchev–Trinajstić information content (AvgIpc) is 2.44. The van der Waals surface area contributed by atoms with E-state index in [1.165, 1.54) is 0 Å². The predicted molar refractivity (Wildman–Crippen MR) is 86.9 cm³/mol. The first kappa shape index (κ1) is 14.5. The van der Waals surface area contributed by atoms with E-state index in [9.17, 15) is 9.90 Å². The van der Waals surface area contributed by atoms with E-state index in [-0.39, 0.29) is 0 Å². The Morgan fingerprint density at radius 3 is 2.90 bits per heavy atom. The van der Waals surface area contributed by atoms with Gasteiger partial charge in [-0.05, 0) is 55.4 Å². The van der Waals surface area contributed by atoms with Crippen LogP contribution in [-0.4, -0.2) is 16.1 Å². The van der Waals surface area contributed by atoms with Gasteiger partial charge in [0.1, 0.15) is 0 Å². The molecule has 0 fully saturated rings. The maximum absolute atomic E-state index is 11.9. The van der Waals surface area contributed by atoms with Gasteiger partial charge in [0.2, 0.25) is 0 Å². The topological polar surface area (TPSA) is 50.2 Å². The summed E-state index contributed by atoms with van der Waals surface area (Å²) in [6, 6.07) is 3.87. The number of carboxylic acids is 1. The summed E-state index contributed by atoms with van der Waals surface area (Å²) < 4.78 is 0.902. The SMILES string of the molecule is CCC1CCc2nc3c(C)cc(Br)cc3c(C(=O)O)c2C1. The van der Waals surface area contributed by atoms with E-state index >= 15 is 0 Å². The van der Waals surface area contributed by atoms with Crippen LogP contribution in [-0.2, 0) is 12.8 Å². The molecule has 0 spiro atoms. The molecule has 0 amide bonds. The van der Waals surface area contributed by atoms with E-state index in [4.69, 9.17) is 4.98 Å². The summed E-state index contributed by atoms with van der Waals surface area (Å²) in [7, 11) is 0. The van der Waals surface area contributed by atoms with Gasteiger partial charge in [-0.25, -0.2) is 4.79 Å². The maximum atomic E-state index is 11.9. The molecule has 1 atom stereocenters. The number of fused-ring (bicyclic) bond motifs is 2. The normalized spacial score (nSPS) is 17.8. The van der Waals surface area contributed by atoms with Gasteiger partial charge < -0.3 is 5.11 Å². The Kier molecular flexibility index (Phi) is 3.74. The summed E-state index contributed by atoms with van der Waals surface area (Å²) in [6.45, 7) is 4.15. The molecule has 0 radical (unpaired) electrons. The Labute approximate surface area is 132 Å². The van der Waals surface area contributed by atoms with Crippen molar-refractivity contribution in [3.8, 4) is 0 Å². The van der Waals surface area contributed by atoms with E-state index in [1.807, 2.05) is 19.1 Å². The summed E-state index contributed by atoms with van der Waals surface area (Å²) >= 11 is 3.47. The number of aromatic nitrogens is 1. The van der Waals surface area contributed by atoms with Gasteiger partial charge in [-0.1, -0.05) is 29.3 Å². The Balaban J connectivity index is 2.35. The van der Waals surface area contributed by atoms with Crippen molar-refractivity contribution in [2.24, 2.45) is 5.92 Å².